The van der Waals surface area contributed by atoms with Gasteiger partial charge < -0.3 is 14.7 Å². The van der Waals surface area contributed by atoms with E-state index in [0.29, 0.717) is 16.3 Å². The minimum Gasteiger partial charge on any atom is -0.481 e. The molecule has 0 saturated heterocycles. The maximum Gasteiger partial charge on any atom is 0.312 e. The predicted octanol–water partition coefficient (Wildman–Crippen LogP) is 1.73. The molecule has 2 rings (SSSR count). The molecule has 7 heteroatoms. The number of hydrogen-bond acceptors (Lipinski definition) is 5. The molecule has 0 spiro atoms. The topological polar surface area (TPSA) is 84.9 Å². The molecule has 1 aliphatic rings. The Morgan fingerprint density at radius 2 is 2.25 bits per heavy atom. The highest BCUT2D eigenvalue weighted by molar-refractivity contribution is 6.30. The molecule has 2 atom stereocenters. The first-order valence-electron chi connectivity index (χ1n) is 6.13. The summed E-state index contributed by atoms with van der Waals surface area (Å²) in [5.41, 5.74) is 3.06. The molecule has 0 bridgehead atoms. The summed E-state index contributed by atoms with van der Waals surface area (Å²) in [7, 11) is 0. The minimum atomic E-state index is -1.04. The summed E-state index contributed by atoms with van der Waals surface area (Å²) >= 11 is 5.84. The number of hydrogen-bond donors (Lipinski definition) is 2. The van der Waals surface area contributed by atoms with E-state index in [9.17, 15) is 14.7 Å². The third-order valence-corrected chi connectivity index (χ3v) is 3.23. The number of fused-ring (bicyclic) bond motifs is 1. The van der Waals surface area contributed by atoms with Crippen LogP contribution in [-0.2, 0) is 14.3 Å². The molecule has 0 aliphatic carbocycles. The van der Waals surface area contributed by atoms with Crippen LogP contribution in [-0.4, -0.2) is 29.7 Å². The van der Waals surface area contributed by atoms with Crippen molar-refractivity contribution in [2.24, 2.45) is 0 Å². The first kappa shape index (κ1) is 14.6. The summed E-state index contributed by atoms with van der Waals surface area (Å²) in [6.07, 6.45) is -0.0904. The third kappa shape index (κ3) is 3.02. The Morgan fingerprint density at radius 1 is 1.50 bits per heavy atom. The SMILES string of the molecule is CCOC(=O)CC1NOc2cc(Cl)ccc2C1C(=O)O. The van der Waals surface area contributed by atoms with Crippen molar-refractivity contribution in [3.8, 4) is 5.75 Å². The summed E-state index contributed by atoms with van der Waals surface area (Å²) < 4.78 is 4.83. The molecule has 1 aliphatic heterocycles. The molecule has 0 aromatic heterocycles. The van der Waals surface area contributed by atoms with Gasteiger partial charge in [-0.3, -0.25) is 9.59 Å². The predicted molar refractivity (Wildman–Crippen MR) is 70.6 cm³/mol. The Labute approximate surface area is 120 Å². The van der Waals surface area contributed by atoms with Gasteiger partial charge in [-0.1, -0.05) is 17.7 Å². The lowest BCUT2D eigenvalue weighted by Gasteiger charge is -2.30. The number of halogens is 1. The third-order valence-electron chi connectivity index (χ3n) is 2.99. The fraction of sp³-hybridized carbons (Fsp3) is 0.385. The quantitative estimate of drug-likeness (QED) is 0.824. The van der Waals surface area contributed by atoms with Crippen molar-refractivity contribution in [1.82, 2.24) is 5.48 Å². The number of carbonyl (C=O) groups is 2. The molecule has 1 aromatic rings. The van der Waals surface area contributed by atoms with E-state index in [1.54, 1.807) is 19.1 Å². The van der Waals surface area contributed by atoms with Gasteiger partial charge >= 0.3 is 11.9 Å². The fourth-order valence-electron chi connectivity index (χ4n) is 2.14. The number of rotatable bonds is 4. The molecular formula is C13H14ClNO5. The number of ether oxygens (including phenoxy) is 1. The minimum absolute atomic E-state index is 0.0904. The molecule has 1 aromatic carbocycles. The van der Waals surface area contributed by atoms with Crippen LogP contribution in [0.25, 0.3) is 0 Å². The van der Waals surface area contributed by atoms with Crippen molar-refractivity contribution < 1.29 is 24.3 Å². The Morgan fingerprint density at radius 3 is 2.90 bits per heavy atom. The zero-order valence-corrected chi connectivity index (χ0v) is 11.5. The Bertz CT molecular complexity index is 533. The molecule has 1 heterocycles. The van der Waals surface area contributed by atoms with Crippen LogP contribution < -0.4 is 10.3 Å². The van der Waals surface area contributed by atoms with Crippen molar-refractivity contribution in [2.75, 3.05) is 6.61 Å². The van der Waals surface area contributed by atoms with E-state index >= 15 is 0 Å². The zero-order chi connectivity index (χ0) is 14.7. The van der Waals surface area contributed by atoms with Crippen LogP contribution in [0.3, 0.4) is 0 Å². The van der Waals surface area contributed by atoms with Gasteiger partial charge in [0.05, 0.1) is 19.1 Å². The van der Waals surface area contributed by atoms with Crippen LogP contribution in [0.4, 0.5) is 0 Å². The van der Waals surface area contributed by atoms with E-state index in [1.807, 2.05) is 0 Å². The maximum absolute atomic E-state index is 11.5. The van der Waals surface area contributed by atoms with Gasteiger partial charge in [-0.05, 0) is 13.0 Å². The largest absolute Gasteiger partial charge is 0.481 e. The average Bonchev–Trinajstić information content (AvgIpc) is 2.38. The molecule has 20 heavy (non-hydrogen) atoms. The molecule has 0 saturated carbocycles. The second-order valence-corrected chi connectivity index (χ2v) is 4.77. The smallest absolute Gasteiger partial charge is 0.312 e. The molecular weight excluding hydrogens is 286 g/mol. The molecule has 2 N–H and O–H groups in total. The van der Waals surface area contributed by atoms with Gasteiger partial charge in [0.1, 0.15) is 5.92 Å². The summed E-state index contributed by atoms with van der Waals surface area (Å²) in [6, 6.07) is 4.02. The summed E-state index contributed by atoms with van der Waals surface area (Å²) in [4.78, 5) is 28.3. The molecule has 0 radical (unpaired) electrons. The first-order valence-corrected chi connectivity index (χ1v) is 6.51. The number of benzene rings is 1. The molecule has 108 valence electrons. The van der Waals surface area contributed by atoms with Crippen LogP contribution in [0.5, 0.6) is 5.75 Å². The van der Waals surface area contributed by atoms with Gasteiger partial charge in [0.15, 0.2) is 5.75 Å². The lowest BCUT2D eigenvalue weighted by molar-refractivity contribution is -0.146. The monoisotopic (exact) mass is 299 g/mol. The van der Waals surface area contributed by atoms with E-state index in [-0.39, 0.29) is 13.0 Å². The van der Waals surface area contributed by atoms with E-state index in [1.165, 1.54) is 6.07 Å². The second-order valence-electron chi connectivity index (χ2n) is 4.33. The summed E-state index contributed by atoms with van der Waals surface area (Å²) in [5, 5.41) is 9.83. The van der Waals surface area contributed by atoms with Crippen LogP contribution >= 0.6 is 11.6 Å². The van der Waals surface area contributed by atoms with Gasteiger partial charge in [-0.2, -0.15) is 5.48 Å². The van der Waals surface area contributed by atoms with Crippen molar-refractivity contribution in [2.45, 2.75) is 25.3 Å². The van der Waals surface area contributed by atoms with Crippen molar-refractivity contribution in [3.63, 3.8) is 0 Å². The Hall–Kier alpha value is -1.79. The zero-order valence-electron chi connectivity index (χ0n) is 10.8. The van der Waals surface area contributed by atoms with Crippen molar-refractivity contribution >= 4 is 23.5 Å². The van der Waals surface area contributed by atoms with Gasteiger partial charge in [0, 0.05) is 16.7 Å². The Balaban J connectivity index is 2.26. The van der Waals surface area contributed by atoms with E-state index in [4.69, 9.17) is 21.2 Å². The number of nitrogens with one attached hydrogen (secondary N) is 1. The highest BCUT2D eigenvalue weighted by Gasteiger charge is 2.38. The number of carboxylic acid groups (broad SMARTS) is 1. The number of esters is 1. The van der Waals surface area contributed by atoms with E-state index in [2.05, 4.69) is 5.48 Å². The number of hydroxylamine groups is 1. The first-order chi connectivity index (χ1) is 9.52. The number of carboxylic acids is 1. The molecule has 0 amide bonds. The van der Waals surface area contributed by atoms with Gasteiger partial charge in [0.25, 0.3) is 0 Å². The average molecular weight is 300 g/mol. The maximum atomic E-state index is 11.5. The fourth-order valence-corrected chi connectivity index (χ4v) is 2.30. The standard InChI is InChI=1S/C13H14ClNO5/c1-2-19-11(16)6-9-12(13(17)18)8-4-3-7(14)5-10(8)20-15-9/h3-5,9,12,15H,2,6H2,1H3,(H,17,18). The summed E-state index contributed by atoms with van der Waals surface area (Å²) in [6.45, 7) is 1.94. The highest BCUT2D eigenvalue weighted by Crippen LogP contribution is 2.35. The van der Waals surface area contributed by atoms with Crippen LogP contribution in [0, 0.1) is 0 Å². The molecule has 2 unspecified atom stereocenters. The highest BCUT2D eigenvalue weighted by atomic mass is 35.5. The summed E-state index contributed by atoms with van der Waals surface area (Å²) in [5.74, 6) is -2.07. The lowest BCUT2D eigenvalue weighted by atomic mass is 9.88. The van der Waals surface area contributed by atoms with Crippen molar-refractivity contribution in [3.05, 3.63) is 28.8 Å². The van der Waals surface area contributed by atoms with Crippen LogP contribution in [0.1, 0.15) is 24.8 Å². The number of carbonyl (C=O) groups excluding carboxylic acids is 1. The van der Waals surface area contributed by atoms with Gasteiger partial charge in [0.2, 0.25) is 0 Å². The van der Waals surface area contributed by atoms with Gasteiger partial charge in [-0.25, -0.2) is 0 Å². The molecule has 0 fully saturated rings. The van der Waals surface area contributed by atoms with Crippen LogP contribution in [0.15, 0.2) is 18.2 Å². The van der Waals surface area contributed by atoms with Crippen molar-refractivity contribution in [1.29, 1.82) is 0 Å². The van der Waals surface area contributed by atoms with E-state index in [0.717, 1.165) is 0 Å². The van der Waals surface area contributed by atoms with E-state index < -0.39 is 23.9 Å². The Kier molecular flexibility index (Phi) is 4.46. The van der Waals surface area contributed by atoms with Gasteiger partial charge in [-0.15, -0.1) is 0 Å². The van der Waals surface area contributed by atoms with Crippen LogP contribution in [0.2, 0.25) is 5.02 Å². The molecule has 6 nitrogen and oxygen atoms in total. The number of aliphatic carboxylic acids is 1. The second kappa shape index (κ2) is 6.11. The lowest BCUT2D eigenvalue weighted by Crippen LogP contribution is -2.45. The normalized spacial score (nSPS) is 20.7.